The van der Waals surface area contributed by atoms with E-state index in [4.69, 9.17) is 4.74 Å². The van der Waals surface area contributed by atoms with Crippen molar-refractivity contribution in [2.45, 2.75) is 26.0 Å². The van der Waals surface area contributed by atoms with Gasteiger partial charge in [-0.05, 0) is 24.5 Å². The third-order valence-electron chi connectivity index (χ3n) is 5.80. The minimum absolute atomic E-state index is 0.0109. The lowest BCUT2D eigenvalue weighted by atomic mass is 10.0. The van der Waals surface area contributed by atoms with Gasteiger partial charge in [-0.25, -0.2) is 0 Å². The number of hydrogen-bond donors (Lipinski definition) is 1. The molecule has 0 saturated heterocycles. The second-order valence-corrected chi connectivity index (χ2v) is 8.11. The van der Waals surface area contributed by atoms with Gasteiger partial charge in [-0.2, -0.15) is 0 Å². The van der Waals surface area contributed by atoms with Gasteiger partial charge >= 0.3 is 0 Å². The van der Waals surface area contributed by atoms with Crippen LogP contribution in [0.5, 0.6) is 5.75 Å². The minimum Gasteiger partial charge on any atom is -0.483 e. The number of aromatic nitrogens is 1. The number of carbonyl (C=O) groups is 2. The van der Waals surface area contributed by atoms with Crippen molar-refractivity contribution in [3.8, 4) is 5.75 Å². The molecule has 0 aliphatic carbocycles. The maximum absolute atomic E-state index is 13.4. The lowest BCUT2D eigenvalue weighted by Gasteiger charge is -2.37. The Kier molecular flexibility index (Phi) is 6.70. The molecule has 1 aliphatic heterocycles. The average molecular weight is 447 g/mol. The Balaban J connectivity index is 1.83. The quantitative estimate of drug-likeness (QED) is 0.538. The Hall–Kier alpha value is -3.71. The van der Waals surface area contributed by atoms with Crippen LogP contribution in [-0.2, 0) is 13.0 Å². The number of carbonyl (C=O) groups excluding carboxylic acids is 2. The number of hydrogen-bond acceptors (Lipinski definition) is 5. The number of amides is 1. The van der Waals surface area contributed by atoms with Crippen LogP contribution in [0.3, 0.4) is 0 Å². The molecule has 1 atom stereocenters. The fourth-order valence-electron chi connectivity index (χ4n) is 4.16. The van der Waals surface area contributed by atoms with Gasteiger partial charge in [-0.3, -0.25) is 14.4 Å². The Labute approximate surface area is 191 Å². The normalized spacial score (nSPS) is 15.3. The number of pyridine rings is 1. The molecule has 0 radical (unpaired) electrons. The number of nitrogens with zero attached hydrogens (tertiary/aromatic N) is 2. The second kappa shape index (κ2) is 9.83. The van der Waals surface area contributed by atoms with Crippen LogP contribution in [0, 0.1) is 0 Å². The molecule has 1 amide bonds. The van der Waals surface area contributed by atoms with E-state index in [0.29, 0.717) is 13.0 Å². The van der Waals surface area contributed by atoms with Gasteiger partial charge in [0.2, 0.25) is 5.43 Å². The average Bonchev–Trinajstić information content (AvgIpc) is 2.82. The Morgan fingerprint density at radius 2 is 1.67 bits per heavy atom. The molecule has 2 aromatic carbocycles. The highest BCUT2D eigenvalue weighted by atomic mass is 16.5. The zero-order valence-corrected chi connectivity index (χ0v) is 18.4. The molecule has 4 rings (SSSR count). The summed E-state index contributed by atoms with van der Waals surface area (Å²) >= 11 is 0. The lowest BCUT2D eigenvalue weighted by Crippen LogP contribution is -2.46. The van der Waals surface area contributed by atoms with E-state index < -0.39 is 11.3 Å². The predicted molar refractivity (Wildman–Crippen MR) is 124 cm³/mol. The Bertz CT molecular complexity index is 1200. The van der Waals surface area contributed by atoms with E-state index in [-0.39, 0.29) is 48.6 Å². The molecule has 0 spiro atoms. The summed E-state index contributed by atoms with van der Waals surface area (Å²) in [6, 6.07) is 18.9. The van der Waals surface area contributed by atoms with Gasteiger partial charge in [0, 0.05) is 19.3 Å². The van der Waals surface area contributed by atoms with Crippen LogP contribution in [0.4, 0.5) is 0 Å². The van der Waals surface area contributed by atoms with Crippen molar-refractivity contribution in [1.82, 2.24) is 9.47 Å². The highest BCUT2D eigenvalue weighted by molar-refractivity contribution is 5.99. The summed E-state index contributed by atoms with van der Waals surface area (Å²) < 4.78 is 7.62. The van der Waals surface area contributed by atoms with Crippen molar-refractivity contribution in [3.63, 3.8) is 0 Å². The summed E-state index contributed by atoms with van der Waals surface area (Å²) in [5.74, 6) is -0.913. The number of rotatable bonds is 8. The van der Waals surface area contributed by atoms with Crippen molar-refractivity contribution in [1.29, 1.82) is 0 Å². The fraction of sp³-hybridized carbons (Fsp3) is 0.269. The standard InChI is InChI=1S/C26H26N2O5/c1-18(30)22-16-28-21(14-19-8-4-2-5-9-19)15-27(12-13-29)26(32)23(28)25(24(22)31)33-17-20-10-6-3-7-11-20/h2-11,16,21,29H,12-15,17H2,1H3/t21-/m0/s1. The first-order valence-corrected chi connectivity index (χ1v) is 10.9. The largest absolute Gasteiger partial charge is 0.483 e. The Morgan fingerprint density at radius 1 is 1.03 bits per heavy atom. The van der Waals surface area contributed by atoms with Crippen molar-refractivity contribution >= 4 is 11.7 Å². The van der Waals surface area contributed by atoms with Crippen LogP contribution < -0.4 is 10.2 Å². The van der Waals surface area contributed by atoms with Gasteiger partial charge in [-0.1, -0.05) is 60.7 Å². The van der Waals surface area contributed by atoms with E-state index in [2.05, 4.69) is 0 Å². The van der Waals surface area contributed by atoms with Crippen LogP contribution in [0.25, 0.3) is 0 Å². The van der Waals surface area contributed by atoms with E-state index in [0.717, 1.165) is 11.1 Å². The van der Waals surface area contributed by atoms with E-state index in [1.54, 1.807) is 4.57 Å². The van der Waals surface area contributed by atoms with Crippen LogP contribution in [0.15, 0.2) is 71.7 Å². The first-order chi connectivity index (χ1) is 16.0. The van der Waals surface area contributed by atoms with Gasteiger partial charge in [-0.15, -0.1) is 0 Å². The monoisotopic (exact) mass is 446 g/mol. The smallest absolute Gasteiger partial charge is 0.274 e. The highest BCUT2D eigenvalue weighted by Gasteiger charge is 2.35. The molecule has 1 N–H and O–H groups in total. The maximum Gasteiger partial charge on any atom is 0.274 e. The van der Waals surface area contributed by atoms with Gasteiger partial charge in [0.25, 0.3) is 5.91 Å². The van der Waals surface area contributed by atoms with Gasteiger partial charge in [0.15, 0.2) is 17.2 Å². The molecule has 2 heterocycles. The molecule has 1 aliphatic rings. The first-order valence-electron chi connectivity index (χ1n) is 10.9. The SMILES string of the molecule is CC(=O)c1cn2c(c(OCc3ccccc3)c1=O)C(=O)N(CCO)C[C@@H]2Cc1ccccc1. The second-order valence-electron chi connectivity index (χ2n) is 8.11. The molecule has 33 heavy (non-hydrogen) atoms. The summed E-state index contributed by atoms with van der Waals surface area (Å²) in [7, 11) is 0. The minimum atomic E-state index is -0.595. The molecule has 1 aromatic heterocycles. The van der Waals surface area contributed by atoms with Crippen molar-refractivity contribution in [2.24, 2.45) is 0 Å². The molecular weight excluding hydrogens is 420 g/mol. The zero-order valence-electron chi connectivity index (χ0n) is 18.4. The Morgan fingerprint density at radius 3 is 2.27 bits per heavy atom. The fourth-order valence-corrected chi connectivity index (χ4v) is 4.16. The number of ether oxygens (including phenoxy) is 1. The molecule has 0 fully saturated rings. The number of aliphatic hydroxyl groups is 1. The van der Waals surface area contributed by atoms with Gasteiger partial charge < -0.3 is 19.3 Å². The molecule has 3 aromatic rings. The number of benzene rings is 2. The van der Waals surface area contributed by atoms with Crippen LogP contribution >= 0.6 is 0 Å². The third-order valence-corrected chi connectivity index (χ3v) is 5.80. The van der Waals surface area contributed by atoms with Crippen molar-refractivity contribution in [2.75, 3.05) is 19.7 Å². The topological polar surface area (TPSA) is 88.8 Å². The molecule has 0 saturated carbocycles. The van der Waals surface area contributed by atoms with Crippen molar-refractivity contribution < 1.29 is 19.4 Å². The predicted octanol–water partition coefficient (Wildman–Crippen LogP) is 2.86. The van der Waals surface area contributed by atoms with Crippen LogP contribution in [-0.4, -0.2) is 46.0 Å². The van der Waals surface area contributed by atoms with E-state index in [9.17, 15) is 19.5 Å². The van der Waals surface area contributed by atoms with Crippen LogP contribution in [0.2, 0.25) is 0 Å². The van der Waals surface area contributed by atoms with Crippen LogP contribution in [0.1, 0.15) is 44.9 Å². The van der Waals surface area contributed by atoms with E-state index in [1.165, 1.54) is 18.0 Å². The van der Waals surface area contributed by atoms with Gasteiger partial charge in [0.1, 0.15) is 6.61 Å². The molecule has 170 valence electrons. The highest BCUT2D eigenvalue weighted by Crippen LogP contribution is 2.30. The summed E-state index contributed by atoms with van der Waals surface area (Å²) in [6.45, 7) is 1.71. The number of β-amino-alcohol motifs (C(OH)–C–C–N with tert-alkyl or cyclic N) is 1. The zero-order chi connectivity index (χ0) is 23.4. The molecule has 0 bridgehead atoms. The number of ketones is 1. The van der Waals surface area contributed by atoms with Gasteiger partial charge in [0.05, 0.1) is 18.2 Å². The van der Waals surface area contributed by atoms with Crippen molar-refractivity contribution in [3.05, 3.63) is 99.5 Å². The summed E-state index contributed by atoms with van der Waals surface area (Å²) in [6.07, 6.45) is 2.07. The third kappa shape index (κ3) is 4.73. The summed E-state index contributed by atoms with van der Waals surface area (Å²) in [5, 5.41) is 9.51. The lowest BCUT2D eigenvalue weighted by molar-refractivity contribution is 0.0616. The molecule has 7 heteroatoms. The molecule has 0 unspecified atom stereocenters. The number of fused-ring (bicyclic) bond motifs is 1. The summed E-state index contributed by atoms with van der Waals surface area (Å²) in [5.41, 5.74) is 1.40. The summed E-state index contributed by atoms with van der Waals surface area (Å²) in [4.78, 5) is 40.4. The number of aliphatic hydroxyl groups excluding tert-OH is 1. The first kappa shape index (κ1) is 22.5. The maximum atomic E-state index is 13.4. The van der Waals surface area contributed by atoms with E-state index in [1.807, 2.05) is 60.7 Å². The molecule has 7 nitrogen and oxygen atoms in total. The van der Waals surface area contributed by atoms with E-state index >= 15 is 0 Å². The number of Topliss-reactive ketones (excluding diaryl/α,β-unsaturated/α-hetero) is 1. The molecular formula is C26H26N2O5.